The Bertz CT molecular complexity index is 2720. The molecule has 0 bridgehead atoms. The largest absolute Gasteiger partial charge is 0.236 e. The summed E-state index contributed by atoms with van der Waals surface area (Å²) in [6.45, 7) is 0. The van der Waals surface area contributed by atoms with Gasteiger partial charge in [-0.2, -0.15) is 0 Å². The predicted molar refractivity (Wildman–Crippen MR) is 207 cm³/mol. The van der Waals surface area contributed by atoms with Crippen LogP contribution in [-0.2, 0) is 0 Å². The van der Waals surface area contributed by atoms with Crippen LogP contribution in [-0.4, -0.2) is 19.9 Å². The molecule has 4 heteroatoms. The fourth-order valence-corrected chi connectivity index (χ4v) is 7.41. The molecule has 10 aromatic rings. The molecule has 0 radical (unpaired) electrons. The van der Waals surface area contributed by atoms with Crippen molar-refractivity contribution >= 4 is 54.1 Å². The molecule has 10 rings (SSSR count). The number of hydrogen-bond acceptors (Lipinski definition) is 4. The molecule has 0 unspecified atom stereocenters. The highest BCUT2D eigenvalue weighted by Crippen LogP contribution is 2.43. The van der Waals surface area contributed by atoms with Crippen molar-refractivity contribution in [3.63, 3.8) is 0 Å². The monoisotopic (exact) mass is 636 g/mol. The average molecular weight is 637 g/mol. The summed E-state index contributed by atoms with van der Waals surface area (Å²) in [7, 11) is 0. The van der Waals surface area contributed by atoms with Crippen LogP contribution in [0.4, 0.5) is 0 Å². The Morgan fingerprint density at radius 2 is 0.640 bits per heavy atom. The molecule has 0 saturated heterocycles. The van der Waals surface area contributed by atoms with E-state index in [2.05, 4.69) is 146 Å². The third kappa shape index (κ3) is 4.54. The SMILES string of the molecule is c1ccc(-c2cccc(-c3ncc4c(n3)c3nc(-c5cccc(-c6ccccc6)c5)ncc3c3c5ccccc5c5ccccc5c43)c2)cc1. The summed E-state index contributed by atoms with van der Waals surface area (Å²) in [5.41, 5.74) is 8.08. The van der Waals surface area contributed by atoms with Crippen LogP contribution >= 0.6 is 0 Å². The summed E-state index contributed by atoms with van der Waals surface area (Å²) in [4.78, 5) is 20.7. The molecule has 50 heavy (non-hydrogen) atoms. The van der Waals surface area contributed by atoms with E-state index < -0.39 is 0 Å². The van der Waals surface area contributed by atoms with E-state index >= 15 is 0 Å². The zero-order valence-electron chi connectivity index (χ0n) is 27.0. The van der Waals surface area contributed by atoms with Gasteiger partial charge in [0.1, 0.15) is 11.0 Å². The van der Waals surface area contributed by atoms with Crippen LogP contribution in [0.3, 0.4) is 0 Å². The van der Waals surface area contributed by atoms with Crippen molar-refractivity contribution in [2.75, 3.05) is 0 Å². The Morgan fingerprint density at radius 1 is 0.280 bits per heavy atom. The van der Waals surface area contributed by atoms with Gasteiger partial charge in [-0.05, 0) is 55.9 Å². The van der Waals surface area contributed by atoms with Gasteiger partial charge in [-0.3, -0.25) is 0 Å². The quantitative estimate of drug-likeness (QED) is 0.180. The minimum Gasteiger partial charge on any atom is -0.236 e. The maximum atomic E-state index is 5.34. The van der Waals surface area contributed by atoms with Crippen LogP contribution < -0.4 is 0 Å². The molecule has 0 atom stereocenters. The van der Waals surface area contributed by atoms with E-state index in [1.165, 1.54) is 10.8 Å². The highest BCUT2D eigenvalue weighted by Gasteiger charge is 2.20. The minimum atomic E-state index is 0.660. The second kappa shape index (κ2) is 11.4. The zero-order valence-corrected chi connectivity index (χ0v) is 27.0. The van der Waals surface area contributed by atoms with E-state index in [-0.39, 0.29) is 0 Å². The van der Waals surface area contributed by atoms with Gasteiger partial charge >= 0.3 is 0 Å². The number of benzene rings is 8. The summed E-state index contributed by atoms with van der Waals surface area (Å²) in [6.07, 6.45) is 3.99. The summed E-state index contributed by atoms with van der Waals surface area (Å²) in [5.74, 6) is 1.32. The highest BCUT2D eigenvalue weighted by atomic mass is 14.9. The van der Waals surface area contributed by atoms with Crippen LogP contribution in [0.5, 0.6) is 0 Å². The summed E-state index contributed by atoms with van der Waals surface area (Å²) in [6, 6.07) is 55.0. The van der Waals surface area contributed by atoms with Gasteiger partial charge in [0.05, 0.1) is 0 Å². The molecule has 8 aromatic carbocycles. The first-order chi connectivity index (χ1) is 24.8. The summed E-state index contributed by atoms with van der Waals surface area (Å²) in [5, 5.41) is 8.91. The third-order valence-electron chi connectivity index (χ3n) is 9.73. The Balaban J connectivity index is 1.29. The number of aromatic nitrogens is 4. The molecule has 0 aliphatic rings. The molecule has 4 nitrogen and oxygen atoms in total. The van der Waals surface area contributed by atoms with Crippen molar-refractivity contribution in [2.24, 2.45) is 0 Å². The first-order valence-electron chi connectivity index (χ1n) is 16.8. The van der Waals surface area contributed by atoms with Crippen LogP contribution in [0.15, 0.2) is 170 Å². The van der Waals surface area contributed by atoms with Crippen molar-refractivity contribution in [3.05, 3.63) is 170 Å². The van der Waals surface area contributed by atoms with Crippen LogP contribution in [0.2, 0.25) is 0 Å². The van der Waals surface area contributed by atoms with Gasteiger partial charge in [0.15, 0.2) is 11.6 Å². The van der Waals surface area contributed by atoms with Gasteiger partial charge in [0.2, 0.25) is 0 Å². The number of nitrogens with zero attached hydrogens (tertiary/aromatic N) is 4. The van der Waals surface area contributed by atoms with Crippen LogP contribution in [0, 0.1) is 0 Å². The summed E-state index contributed by atoms with van der Waals surface area (Å²) < 4.78 is 0. The van der Waals surface area contributed by atoms with Gasteiger partial charge in [0, 0.05) is 45.1 Å². The smallest absolute Gasteiger partial charge is 0.159 e. The van der Waals surface area contributed by atoms with Crippen molar-refractivity contribution in [3.8, 4) is 45.0 Å². The topological polar surface area (TPSA) is 51.6 Å². The number of rotatable bonds is 4. The highest BCUT2D eigenvalue weighted by molar-refractivity contribution is 6.38. The molecule has 0 aliphatic heterocycles. The average Bonchev–Trinajstić information content (AvgIpc) is 3.21. The fourth-order valence-electron chi connectivity index (χ4n) is 7.41. The molecular formula is C46H28N4. The van der Waals surface area contributed by atoms with Crippen molar-refractivity contribution < 1.29 is 0 Å². The fraction of sp³-hybridized carbons (Fsp3) is 0. The van der Waals surface area contributed by atoms with Crippen LogP contribution in [0.25, 0.3) is 99.2 Å². The molecule has 0 amide bonds. The first kappa shape index (κ1) is 28.3. The minimum absolute atomic E-state index is 0.660. The number of hydrogen-bond donors (Lipinski definition) is 0. The van der Waals surface area contributed by atoms with Crippen LogP contribution in [0.1, 0.15) is 0 Å². The van der Waals surface area contributed by atoms with Gasteiger partial charge in [0.25, 0.3) is 0 Å². The maximum Gasteiger partial charge on any atom is 0.159 e. The summed E-state index contributed by atoms with van der Waals surface area (Å²) >= 11 is 0. The standard InChI is InChI=1S/C46H28N4/c1-3-13-29(14-4-1)31-17-11-19-33(25-31)45-47-27-39-41-37-23-9-7-21-35(37)36-22-8-10-24-38(36)42(41)40-28-48-46(50-44(40)43(39)49-45)34-20-12-18-32(26-34)30-15-5-2-6-16-30/h1-28H. The van der Waals surface area contributed by atoms with Gasteiger partial charge in [-0.1, -0.05) is 146 Å². The second-order valence-corrected chi connectivity index (χ2v) is 12.6. The van der Waals surface area contributed by atoms with E-state index in [0.29, 0.717) is 11.6 Å². The molecule has 2 heterocycles. The molecule has 0 fully saturated rings. The molecule has 0 N–H and O–H groups in total. The lowest BCUT2D eigenvalue weighted by Crippen LogP contribution is -1.98. The van der Waals surface area contributed by atoms with Gasteiger partial charge < -0.3 is 0 Å². The van der Waals surface area contributed by atoms with Crippen molar-refractivity contribution in [1.29, 1.82) is 0 Å². The molecule has 0 spiro atoms. The Morgan fingerprint density at radius 3 is 1.08 bits per heavy atom. The van der Waals surface area contributed by atoms with Crippen molar-refractivity contribution in [2.45, 2.75) is 0 Å². The first-order valence-corrected chi connectivity index (χ1v) is 16.8. The predicted octanol–water partition coefficient (Wildman–Crippen LogP) is 11.7. The lowest BCUT2D eigenvalue weighted by Gasteiger charge is -2.16. The molecule has 2 aromatic heterocycles. The van der Waals surface area contributed by atoms with Gasteiger partial charge in [-0.25, -0.2) is 19.9 Å². The van der Waals surface area contributed by atoms with Gasteiger partial charge in [-0.15, -0.1) is 0 Å². The lowest BCUT2D eigenvalue weighted by atomic mass is 9.90. The lowest BCUT2D eigenvalue weighted by molar-refractivity contribution is 1.21. The Labute approximate surface area is 288 Å². The molecule has 0 saturated carbocycles. The molecule has 0 aliphatic carbocycles. The van der Waals surface area contributed by atoms with E-state index in [4.69, 9.17) is 19.9 Å². The number of fused-ring (bicyclic) bond motifs is 11. The molecular weight excluding hydrogens is 609 g/mol. The Hall–Kier alpha value is -6.78. The Kier molecular flexibility index (Phi) is 6.46. The van der Waals surface area contributed by atoms with E-state index in [0.717, 1.165) is 76.7 Å². The maximum absolute atomic E-state index is 5.34. The normalized spacial score (nSPS) is 11.6. The zero-order chi connectivity index (χ0) is 33.0. The molecule has 232 valence electrons. The van der Waals surface area contributed by atoms with E-state index in [1.54, 1.807) is 0 Å². The second-order valence-electron chi connectivity index (χ2n) is 12.6. The van der Waals surface area contributed by atoms with E-state index in [9.17, 15) is 0 Å². The third-order valence-corrected chi connectivity index (χ3v) is 9.73. The van der Waals surface area contributed by atoms with E-state index in [1.807, 2.05) is 24.5 Å². The van der Waals surface area contributed by atoms with Crippen molar-refractivity contribution in [1.82, 2.24) is 19.9 Å².